The first kappa shape index (κ1) is 15.4. The van der Waals surface area contributed by atoms with Crippen molar-refractivity contribution in [1.29, 1.82) is 0 Å². The first-order valence-electron chi connectivity index (χ1n) is 5.92. The van der Waals surface area contributed by atoms with Crippen LogP contribution in [0.1, 0.15) is 16.3 Å². The van der Waals surface area contributed by atoms with E-state index in [4.69, 9.17) is 5.11 Å². The van der Waals surface area contributed by atoms with E-state index in [1.165, 1.54) is 12.1 Å². The summed E-state index contributed by atoms with van der Waals surface area (Å²) in [5.41, 5.74) is 1.30. The summed E-state index contributed by atoms with van der Waals surface area (Å²) in [4.78, 5) is 19.1. The first-order valence-corrected chi connectivity index (χ1v) is 8.22. The Morgan fingerprint density at radius 2 is 1.90 bits per heavy atom. The van der Waals surface area contributed by atoms with Crippen molar-refractivity contribution in [1.82, 2.24) is 9.97 Å². The van der Waals surface area contributed by atoms with Crippen molar-refractivity contribution >= 4 is 33.3 Å². The smallest absolute Gasteiger partial charge is 0.308 e. The molecule has 2 rings (SSSR count). The second-order valence-electron chi connectivity index (χ2n) is 4.37. The quantitative estimate of drug-likeness (QED) is 0.863. The predicted molar refractivity (Wildman–Crippen MR) is 78.0 cm³/mol. The number of carboxylic acids is 1. The number of aryl methyl sites for hydroxylation is 2. The summed E-state index contributed by atoms with van der Waals surface area (Å²) >= 11 is 0.909. The molecule has 2 heterocycles. The third-order valence-electron chi connectivity index (χ3n) is 2.44. The zero-order valence-corrected chi connectivity index (χ0v) is 13.0. The number of aromatic nitrogens is 2. The van der Waals surface area contributed by atoms with Gasteiger partial charge in [-0.05, 0) is 32.0 Å². The molecule has 2 N–H and O–H groups in total. The molecule has 2 aromatic heterocycles. The summed E-state index contributed by atoms with van der Waals surface area (Å²) in [6, 6.07) is 4.58. The van der Waals surface area contributed by atoms with E-state index in [9.17, 15) is 13.2 Å². The van der Waals surface area contributed by atoms with Gasteiger partial charge in [-0.1, -0.05) is 0 Å². The average molecular weight is 327 g/mol. The minimum Gasteiger partial charge on any atom is -0.481 e. The molecule has 0 saturated carbocycles. The van der Waals surface area contributed by atoms with Crippen LogP contribution in [0, 0.1) is 13.8 Å². The van der Waals surface area contributed by atoms with Crippen LogP contribution in [-0.2, 0) is 21.2 Å². The number of sulfonamides is 1. The molecule has 0 aliphatic carbocycles. The maximum absolute atomic E-state index is 12.2. The molecule has 0 saturated heterocycles. The number of thiophene rings is 1. The fraction of sp³-hybridized carbons (Fsp3) is 0.250. The fourth-order valence-corrected chi connectivity index (χ4v) is 3.98. The van der Waals surface area contributed by atoms with Crippen molar-refractivity contribution in [3.63, 3.8) is 0 Å². The van der Waals surface area contributed by atoms with Crippen LogP contribution in [-0.4, -0.2) is 29.5 Å². The number of rotatable bonds is 5. The second-order valence-corrected chi connectivity index (χ2v) is 7.45. The van der Waals surface area contributed by atoms with Gasteiger partial charge in [0.15, 0.2) is 0 Å². The molecule has 9 heteroatoms. The lowest BCUT2D eigenvalue weighted by molar-refractivity contribution is -0.136. The Bertz CT molecular complexity index is 763. The average Bonchev–Trinajstić information content (AvgIpc) is 2.74. The number of hydrogen-bond acceptors (Lipinski definition) is 6. The zero-order valence-electron chi connectivity index (χ0n) is 11.3. The maximum atomic E-state index is 12.2. The largest absolute Gasteiger partial charge is 0.481 e. The Labute approximate surface area is 125 Å². The summed E-state index contributed by atoms with van der Waals surface area (Å²) in [7, 11) is -3.81. The molecule has 0 radical (unpaired) electrons. The van der Waals surface area contributed by atoms with Gasteiger partial charge in [0.25, 0.3) is 10.0 Å². The number of hydrogen-bond donors (Lipinski definition) is 2. The van der Waals surface area contributed by atoms with Gasteiger partial charge in [0, 0.05) is 16.3 Å². The van der Waals surface area contributed by atoms with Crippen LogP contribution in [0.3, 0.4) is 0 Å². The minimum atomic E-state index is -3.81. The number of anilines is 1. The normalized spacial score (nSPS) is 11.3. The van der Waals surface area contributed by atoms with Gasteiger partial charge in [-0.3, -0.25) is 4.79 Å². The van der Waals surface area contributed by atoms with Gasteiger partial charge < -0.3 is 5.11 Å². The van der Waals surface area contributed by atoms with E-state index in [2.05, 4.69) is 14.7 Å². The SMILES string of the molecule is Cc1cc(C)nc(NS(=O)(=O)c2ccc(CC(=O)O)s2)n1. The zero-order chi connectivity index (χ0) is 15.6. The highest BCUT2D eigenvalue weighted by molar-refractivity contribution is 7.94. The van der Waals surface area contributed by atoms with Crippen LogP contribution >= 0.6 is 11.3 Å². The van der Waals surface area contributed by atoms with Gasteiger partial charge in [-0.2, -0.15) is 0 Å². The summed E-state index contributed by atoms with van der Waals surface area (Å²) < 4.78 is 26.7. The molecule has 2 aromatic rings. The molecule has 0 atom stereocenters. The monoisotopic (exact) mass is 327 g/mol. The number of carbonyl (C=O) groups is 1. The van der Waals surface area contributed by atoms with E-state index in [1.807, 2.05) is 0 Å². The van der Waals surface area contributed by atoms with E-state index < -0.39 is 16.0 Å². The summed E-state index contributed by atoms with van der Waals surface area (Å²) in [6.07, 6.45) is -0.208. The molecule has 0 unspecified atom stereocenters. The molecule has 0 amide bonds. The lowest BCUT2D eigenvalue weighted by Gasteiger charge is -2.06. The Balaban J connectivity index is 2.25. The predicted octanol–water partition coefficient (Wildman–Crippen LogP) is 1.58. The number of nitrogens with zero attached hydrogens (tertiary/aromatic N) is 2. The highest BCUT2D eigenvalue weighted by Gasteiger charge is 2.19. The third-order valence-corrected chi connectivity index (χ3v) is 5.34. The minimum absolute atomic E-state index is 0.000634. The van der Waals surface area contributed by atoms with E-state index in [0.29, 0.717) is 16.3 Å². The third kappa shape index (κ3) is 3.99. The highest BCUT2D eigenvalue weighted by Crippen LogP contribution is 2.23. The van der Waals surface area contributed by atoms with Crippen LogP contribution in [0.25, 0.3) is 0 Å². The molecule has 112 valence electrons. The van der Waals surface area contributed by atoms with E-state index >= 15 is 0 Å². The molecule has 0 aliphatic rings. The molecular weight excluding hydrogens is 314 g/mol. The van der Waals surface area contributed by atoms with Gasteiger partial charge in [0.1, 0.15) is 4.21 Å². The van der Waals surface area contributed by atoms with E-state index in [0.717, 1.165) is 11.3 Å². The van der Waals surface area contributed by atoms with Crippen LogP contribution in [0.5, 0.6) is 0 Å². The van der Waals surface area contributed by atoms with Crippen molar-refractivity contribution in [2.45, 2.75) is 24.5 Å². The molecule has 21 heavy (non-hydrogen) atoms. The molecule has 0 aromatic carbocycles. The fourth-order valence-electron chi connectivity index (χ4n) is 1.69. The van der Waals surface area contributed by atoms with Crippen LogP contribution in [0.15, 0.2) is 22.4 Å². The Kier molecular flexibility index (Phi) is 4.24. The molecular formula is C12H13N3O4S2. The lowest BCUT2D eigenvalue weighted by atomic mass is 10.3. The van der Waals surface area contributed by atoms with Crippen molar-refractivity contribution in [3.8, 4) is 0 Å². The van der Waals surface area contributed by atoms with Gasteiger partial charge in [0.2, 0.25) is 5.95 Å². The first-order chi connectivity index (χ1) is 9.76. The van der Waals surface area contributed by atoms with E-state index in [1.54, 1.807) is 19.9 Å². The highest BCUT2D eigenvalue weighted by atomic mass is 32.2. The van der Waals surface area contributed by atoms with Gasteiger partial charge in [-0.15, -0.1) is 11.3 Å². The van der Waals surface area contributed by atoms with Gasteiger partial charge >= 0.3 is 5.97 Å². The maximum Gasteiger partial charge on any atom is 0.308 e. The number of carboxylic acid groups (broad SMARTS) is 1. The van der Waals surface area contributed by atoms with Crippen molar-refractivity contribution in [2.75, 3.05) is 4.72 Å². The number of nitrogens with one attached hydrogen (secondary N) is 1. The topological polar surface area (TPSA) is 109 Å². The van der Waals surface area contributed by atoms with Gasteiger partial charge in [0.05, 0.1) is 6.42 Å². The summed E-state index contributed by atoms with van der Waals surface area (Å²) in [5.74, 6) is -1.01. The number of aliphatic carboxylic acids is 1. The van der Waals surface area contributed by atoms with Crippen molar-refractivity contribution in [2.24, 2.45) is 0 Å². The second kappa shape index (κ2) is 5.78. The molecule has 0 bridgehead atoms. The summed E-state index contributed by atoms with van der Waals surface area (Å²) in [6.45, 7) is 3.48. The Morgan fingerprint density at radius 3 is 2.48 bits per heavy atom. The van der Waals surface area contributed by atoms with Gasteiger partial charge in [-0.25, -0.2) is 23.1 Å². The molecule has 0 aliphatic heterocycles. The van der Waals surface area contributed by atoms with Crippen LogP contribution in [0.4, 0.5) is 5.95 Å². The summed E-state index contributed by atoms with van der Waals surface area (Å²) in [5, 5.41) is 8.70. The Morgan fingerprint density at radius 1 is 1.29 bits per heavy atom. The van der Waals surface area contributed by atoms with E-state index in [-0.39, 0.29) is 16.6 Å². The lowest BCUT2D eigenvalue weighted by Crippen LogP contribution is -2.14. The molecule has 0 spiro atoms. The molecule has 0 fully saturated rings. The van der Waals surface area contributed by atoms with Crippen LogP contribution < -0.4 is 4.72 Å². The molecule has 7 nitrogen and oxygen atoms in total. The Hall–Kier alpha value is -2.00. The van der Waals surface area contributed by atoms with Crippen molar-refractivity contribution < 1.29 is 18.3 Å². The van der Waals surface area contributed by atoms with Crippen LogP contribution in [0.2, 0.25) is 0 Å². The standard InChI is InChI=1S/C12H13N3O4S2/c1-7-5-8(2)14-12(13-7)15-21(18,19)11-4-3-9(20-11)6-10(16)17/h3-5H,6H2,1-2H3,(H,16,17)(H,13,14,15). The van der Waals surface area contributed by atoms with Crippen molar-refractivity contribution in [3.05, 3.63) is 34.5 Å².